The number of nitrogens with two attached hydrogens (primary N) is 1. The third kappa shape index (κ3) is 1.84. The van der Waals surface area contributed by atoms with Gasteiger partial charge in [-0.05, 0) is 22.3 Å². The van der Waals surface area contributed by atoms with Crippen LogP contribution in [-0.2, 0) is 0 Å². The van der Waals surface area contributed by atoms with Gasteiger partial charge in [0.25, 0.3) is 0 Å². The highest BCUT2D eigenvalue weighted by molar-refractivity contribution is 6.21. The summed E-state index contributed by atoms with van der Waals surface area (Å²) in [6, 6.07) is 16.0. The lowest BCUT2D eigenvalue weighted by Crippen LogP contribution is -2.35. The molecule has 2 aromatic rings. The van der Waals surface area contributed by atoms with Crippen LogP contribution in [0.1, 0.15) is 17.2 Å². The number of halogens is 2. The van der Waals surface area contributed by atoms with Gasteiger partial charge in [-0.3, -0.25) is 0 Å². The Morgan fingerprint density at radius 2 is 1.55 bits per heavy atom. The van der Waals surface area contributed by atoms with Gasteiger partial charge < -0.3 is 10.6 Å². The van der Waals surface area contributed by atoms with Crippen LogP contribution in [0, 0.1) is 0 Å². The van der Waals surface area contributed by atoms with E-state index in [1.54, 1.807) is 4.90 Å². The Hall–Kier alpha value is -2.33. The molecule has 0 amide bonds. The zero-order valence-corrected chi connectivity index (χ0v) is 12.3. The molecular formula is C17H13ClFN3. The molecule has 2 N–H and O–H groups in total. The Labute approximate surface area is 132 Å². The van der Waals surface area contributed by atoms with E-state index in [9.17, 15) is 4.39 Å². The highest BCUT2D eigenvalue weighted by Gasteiger charge is 2.36. The molecule has 1 aliphatic carbocycles. The molecule has 0 bridgehead atoms. The van der Waals surface area contributed by atoms with Crippen molar-refractivity contribution in [2.45, 2.75) is 11.7 Å². The van der Waals surface area contributed by atoms with Crippen LogP contribution in [0.15, 0.2) is 65.6 Å². The maximum Gasteiger partial charge on any atom is 0.200 e. The number of rotatable bonds is 1. The van der Waals surface area contributed by atoms with Crippen LogP contribution in [0.3, 0.4) is 0 Å². The third-order valence-electron chi connectivity index (χ3n) is 4.10. The largest absolute Gasteiger partial charge is 0.381 e. The van der Waals surface area contributed by atoms with Crippen LogP contribution in [0.25, 0.3) is 11.1 Å². The zero-order valence-electron chi connectivity index (χ0n) is 11.6. The number of hydrogen-bond acceptors (Lipinski definition) is 3. The lowest BCUT2D eigenvalue weighted by Gasteiger charge is -2.33. The summed E-state index contributed by atoms with van der Waals surface area (Å²) in [6.07, 6.45) is 1.35. The van der Waals surface area contributed by atoms with Crippen LogP contribution in [-0.4, -0.2) is 16.4 Å². The third-order valence-corrected chi connectivity index (χ3v) is 4.42. The normalized spacial score (nSPS) is 20.3. The van der Waals surface area contributed by atoms with Gasteiger partial charge in [0.05, 0.1) is 6.04 Å². The van der Waals surface area contributed by atoms with E-state index >= 15 is 0 Å². The van der Waals surface area contributed by atoms with Gasteiger partial charge in [0.1, 0.15) is 0 Å². The van der Waals surface area contributed by atoms with Crippen LogP contribution >= 0.6 is 11.6 Å². The first-order valence-electron chi connectivity index (χ1n) is 6.97. The van der Waals surface area contributed by atoms with Crippen LogP contribution in [0.2, 0.25) is 0 Å². The molecule has 4 rings (SSSR count). The molecule has 0 saturated carbocycles. The first-order valence-corrected chi connectivity index (χ1v) is 7.41. The summed E-state index contributed by atoms with van der Waals surface area (Å²) >= 11 is 6.30. The molecule has 22 heavy (non-hydrogen) atoms. The van der Waals surface area contributed by atoms with Crippen molar-refractivity contribution in [3.63, 3.8) is 0 Å². The lowest BCUT2D eigenvalue weighted by atomic mass is 10.0. The van der Waals surface area contributed by atoms with Gasteiger partial charge in [-0.15, -0.1) is 0 Å². The van der Waals surface area contributed by atoms with Gasteiger partial charge in [-0.1, -0.05) is 60.1 Å². The fourth-order valence-corrected chi connectivity index (χ4v) is 3.42. The Morgan fingerprint density at radius 1 is 1.00 bits per heavy atom. The topological polar surface area (TPSA) is 41.6 Å². The lowest BCUT2D eigenvalue weighted by molar-refractivity contribution is 0.290. The highest BCUT2D eigenvalue weighted by Crippen LogP contribution is 2.47. The molecule has 110 valence electrons. The van der Waals surface area contributed by atoms with Crippen molar-refractivity contribution in [2.24, 2.45) is 10.7 Å². The molecule has 1 atom stereocenters. The van der Waals surface area contributed by atoms with E-state index < -0.39 is 11.5 Å². The SMILES string of the molecule is NC1=NC(Cl)N(C2c3ccccc3-c3ccccc32)C=C1F. The number of benzene rings is 2. The van der Waals surface area contributed by atoms with Gasteiger partial charge in [-0.25, -0.2) is 9.38 Å². The van der Waals surface area contributed by atoms with E-state index in [4.69, 9.17) is 17.3 Å². The minimum Gasteiger partial charge on any atom is -0.381 e. The summed E-state index contributed by atoms with van der Waals surface area (Å²) in [5.41, 5.74) is 9.25. The predicted octanol–water partition coefficient (Wildman–Crippen LogP) is 3.76. The summed E-state index contributed by atoms with van der Waals surface area (Å²) in [5.74, 6) is -0.713. The van der Waals surface area contributed by atoms with E-state index in [2.05, 4.69) is 17.1 Å². The van der Waals surface area contributed by atoms with Crippen molar-refractivity contribution >= 4 is 17.4 Å². The molecule has 2 aliphatic rings. The van der Waals surface area contributed by atoms with E-state index in [0.717, 1.165) is 22.3 Å². The summed E-state index contributed by atoms with van der Waals surface area (Å²) in [7, 11) is 0. The number of nitrogens with zero attached hydrogens (tertiary/aromatic N) is 2. The maximum absolute atomic E-state index is 13.9. The highest BCUT2D eigenvalue weighted by atomic mass is 35.5. The smallest absolute Gasteiger partial charge is 0.200 e. The Balaban J connectivity index is 1.89. The monoisotopic (exact) mass is 313 g/mol. The molecule has 0 radical (unpaired) electrons. The molecular weight excluding hydrogens is 301 g/mol. The molecule has 1 unspecified atom stereocenters. The average Bonchev–Trinajstić information content (AvgIpc) is 2.86. The Kier molecular flexibility index (Phi) is 2.94. The number of alkyl halides is 1. The van der Waals surface area contributed by atoms with Gasteiger partial charge in [0, 0.05) is 6.20 Å². The van der Waals surface area contributed by atoms with Crippen molar-refractivity contribution in [2.75, 3.05) is 0 Å². The maximum atomic E-state index is 13.9. The first-order chi connectivity index (χ1) is 10.7. The molecule has 1 aliphatic heterocycles. The fraction of sp³-hybridized carbons (Fsp3) is 0.118. The van der Waals surface area contributed by atoms with Crippen LogP contribution in [0.5, 0.6) is 0 Å². The number of hydrogen-bond donors (Lipinski definition) is 1. The minimum absolute atomic E-state index is 0.157. The van der Waals surface area contributed by atoms with Crippen LogP contribution < -0.4 is 5.73 Å². The van der Waals surface area contributed by atoms with Gasteiger partial charge in [0.2, 0.25) is 5.62 Å². The van der Waals surface area contributed by atoms with Gasteiger partial charge in [-0.2, -0.15) is 0 Å². The van der Waals surface area contributed by atoms with Gasteiger partial charge in [0.15, 0.2) is 11.7 Å². The molecule has 0 fully saturated rings. The summed E-state index contributed by atoms with van der Waals surface area (Å²) < 4.78 is 13.9. The number of fused-ring (bicyclic) bond motifs is 3. The zero-order chi connectivity index (χ0) is 15.3. The van der Waals surface area contributed by atoms with E-state index in [1.807, 2.05) is 36.4 Å². The van der Waals surface area contributed by atoms with Crippen molar-refractivity contribution in [1.29, 1.82) is 0 Å². The van der Waals surface area contributed by atoms with E-state index in [0.29, 0.717) is 0 Å². The molecule has 1 heterocycles. The van der Waals surface area contributed by atoms with E-state index in [-0.39, 0.29) is 11.9 Å². The molecule has 5 heteroatoms. The number of aliphatic imine (C=N–C) groups is 1. The molecule has 0 saturated heterocycles. The van der Waals surface area contributed by atoms with Crippen molar-refractivity contribution < 1.29 is 4.39 Å². The minimum atomic E-state index is -0.733. The second kappa shape index (κ2) is 4.85. The van der Waals surface area contributed by atoms with Gasteiger partial charge >= 0.3 is 0 Å². The van der Waals surface area contributed by atoms with Crippen molar-refractivity contribution in [3.05, 3.63) is 71.7 Å². The molecule has 0 spiro atoms. The standard InChI is InChI=1S/C17H13ClFN3/c18-17-21-16(20)14(19)9-22(17)15-12-7-3-1-5-10(12)11-6-2-4-8-13(11)15/h1-9,15,17H,(H2,20,21). The molecule has 2 aromatic carbocycles. The molecule has 0 aromatic heterocycles. The average molecular weight is 314 g/mol. The fourth-order valence-electron chi connectivity index (χ4n) is 3.15. The van der Waals surface area contributed by atoms with E-state index in [1.165, 1.54) is 6.20 Å². The Bertz CT molecular complexity index is 770. The second-order valence-corrected chi connectivity index (χ2v) is 5.72. The summed E-state index contributed by atoms with van der Waals surface area (Å²) in [4.78, 5) is 5.68. The molecule has 3 nitrogen and oxygen atoms in total. The summed E-state index contributed by atoms with van der Waals surface area (Å²) in [6.45, 7) is 0. The quantitative estimate of drug-likeness (QED) is 0.643. The van der Waals surface area contributed by atoms with Crippen molar-refractivity contribution in [1.82, 2.24) is 4.90 Å². The van der Waals surface area contributed by atoms with Crippen molar-refractivity contribution in [3.8, 4) is 11.1 Å². The predicted molar refractivity (Wildman–Crippen MR) is 86.0 cm³/mol. The Morgan fingerprint density at radius 3 is 2.14 bits per heavy atom. The number of amidine groups is 1. The second-order valence-electron chi connectivity index (χ2n) is 5.33. The summed E-state index contributed by atoms with van der Waals surface area (Å²) in [5, 5.41) is 0. The van der Waals surface area contributed by atoms with Crippen LogP contribution in [0.4, 0.5) is 4.39 Å². The first kappa shape index (κ1) is 13.3.